The van der Waals surface area contributed by atoms with Gasteiger partial charge in [-0.2, -0.15) is 0 Å². The number of terminal acetylenes is 1. The summed E-state index contributed by atoms with van der Waals surface area (Å²) < 4.78 is 5.09. The van der Waals surface area contributed by atoms with Gasteiger partial charge in [-0.05, 0) is 67.6 Å². The first kappa shape index (κ1) is 12.1. The molecular weight excluding hydrogens is 248 g/mol. The van der Waals surface area contributed by atoms with Gasteiger partial charge in [0.25, 0.3) is 0 Å². The summed E-state index contributed by atoms with van der Waals surface area (Å²) in [6.07, 6.45) is 15.7. The Hall–Kier alpha value is -1.67. The molecule has 2 nitrogen and oxygen atoms in total. The Morgan fingerprint density at radius 2 is 2.05 bits per heavy atom. The molecule has 0 aromatic rings. The van der Waals surface area contributed by atoms with Gasteiger partial charge in [0.2, 0.25) is 0 Å². The summed E-state index contributed by atoms with van der Waals surface area (Å²) >= 11 is 0. The van der Waals surface area contributed by atoms with Gasteiger partial charge < -0.3 is 4.74 Å². The zero-order valence-electron chi connectivity index (χ0n) is 11.6. The van der Waals surface area contributed by atoms with Crippen LogP contribution in [0.4, 0.5) is 0 Å². The normalized spacial score (nSPS) is 49.4. The van der Waals surface area contributed by atoms with E-state index in [0.29, 0.717) is 23.7 Å². The number of fused-ring (bicyclic) bond motifs is 9. The highest BCUT2D eigenvalue weighted by molar-refractivity contribution is 5.78. The van der Waals surface area contributed by atoms with Crippen LogP contribution in [0.15, 0.2) is 12.2 Å². The molecule has 7 unspecified atom stereocenters. The Balaban J connectivity index is 1.59. The molecule has 20 heavy (non-hydrogen) atoms. The quantitative estimate of drug-likeness (QED) is 0.316. The Morgan fingerprint density at radius 1 is 1.30 bits per heavy atom. The van der Waals surface area contributed by atoms with Crippen molar-refractivity contribution in [3.05, 3.63) is 12.2 Å². The molecule has 2 heteroatoms. The minimum Gasteiger partial charge on any atom is -0.371 e. The van der Waals surface area contributed by atoms with E-state index in [9.17, 15) is 4.79 Å². The van der Waals surface area contributed by atoms with Crippen molar-refractivity contribution in [1.29, 1.82) is 0 Å². The van der Waals surface area contributed by atoms with Crippen LogP contribution < -0.4 is 0 Å². The smallest absolute Gasteiger partial charge is 0.326 e. The van der Waals surface area contributed by atoms with Crippen molar-refractivity contribution in [2.45, 2.75) is 26.2 Å². The van der Waals surface area contributed by atoms with E-state index in [1.165, 1.54) is 12.8 Å². The molecule has 0 aliphatic heterocycles. The van der Waals surface area contributed by atoms with Crippen molar-refractivity contribution in [1.82, 2.24) is 0 Å². The molecule has 4 aliphatic carbocycles. The summed E-state index contributed by atoms with van der Waals surface area (Å²) in [4.78, 5) is 12.4. The highest BCUT2D eigenvalue weighted by atomic mass is 16.5. The summed E-state index contributed by atoms with van der Waals surface area (Å²) in [5, 5.41) is 0. The number of allylic oxidation sites excluding steroid dienone is 2. The Morgan fingerprint density at radius 3 is 2.80 bits per heavy atom. The minimum absolute atomic E-state index is 0.169. The van der Waals surface area contributed by atoms with E-state index in [-0.39, 0.29) is 11.4 Å². The van der Waals surface area contributed by atoms with E-state index in [0.717, 1.165) is 18.3 Å². The molecule has 102 valence electrons. The lowest BCUT2D eigenvalue weighted by atomic mass is 9.63. The van der Waals surface area contributed by atoms with Gasteiger partial charge in [0.1, 0.15) is 6.11 Å². The lowest BCUT2D eigenvalue weighted by Crippen LogP contribution is -2.42. The van der Waals surface area contributed by atoms with Gasteiger partial charge in [-0.3, -0.25) is 4.79 Å². The molecule has 0 spiro atoms. The van der Waals surface area contributed by atoms with Crippen LogP contribution in [0, 0.1) is 65.3 Å². The monoisotopic (exact) mass is 266 g/mol. The first-order valence-electron chi connectivity index (χ1n) is 7.50. The second-order valence-electron chi connectivity index (χ2n) is 7.09. The van der Waals surface area contributed by atoms with Crippen molar-refractivity contribution in [3.63, 3.8) is 0 Å². The number of hydrogen-bond acceptors (Lipinski definition) is 2. The fourth-order valence-corrected chi connectivity index (χ4v) is 5.82. The third-order valence-corrected chi connectivity index (χ3v) is 6.39. The van der Waals surface area contributed by atoms with E-state index in [2.05, 4.69) is 37.0 Å². The van der Waals surface area contributed by atoms with Crippen molar-refractivity contribution in [2.75, 3.05) is 0 Å². The van der Waals surface area contributed by atoms with Crippen molar-refractivity contribution < 1.29 is 9.53 Å². The second-order valence-corrected chi connectivity index (χ2v) is 7.09. The highest BCUT2D eigenvalue weighted by Crippen LogP contribution is 2.70. The zero-order chi connectivity index (χ0) is 13.9. The Labute approximate surface area is 120 Å². The van der Waals surface area contributed by atoms with Gasteiger partial charge in [-0.15, -0.1) is 6.42 Å². The highest BCUT2D eigenvalue weighted by Gasteiger charge is 2.67. The van der Waals surface area contributed by atoms with Crippen LogP contribution in [-0.4, -0.2) is 5.97 Å². The van der Waals surface area contributed by atoms with E-state index >= 15 is 0 Å². The van der Waals surface area contributed by atoms with Gasteiger partial charge in [0.15, 0.2) is 0 Å². The number of carbonyl (C=O) groups is 1. The average Bonchev–Trinajstić information content (AvgIpc) is 3.16. The second kappa shape index (κ2) is 3.92. The molecule has 0 saturated heterocycles. The van der Waals surface area contributed by atoms with Gasteiger partial charge in [-0.1, -0.05) is 12.2 Å². The molecule has 0 N–H and O–H groups in total. The first-order valence-corrected chi connectivity index (χ1v) is 7.50. The van der Waals surface area contributed by atoms with Gasteiger partial charge in [0.05, 0.1) is 5.41 Å². The fraction of sp³-hybridized carbons (Fsp3) is 0.611. The summed E-state index contributed by atoms with van der Waals surface area (Å²) in [7, 11) is 0. The molecule has 7 atom stereocenters. The summed E-state index contributed by atoms with van der Waals surface area (Å²) in [6.45, 7) is 2.07. The molecule has 0 amide bonds. The maximum atomic E-state index is 12.4. The number of ether oxygens (including phenoxy) is 1. The molecule has 4 aliphatic rings. The van der Waals surface area contributed by atoms with E-state index < -0.39 is 0 Å². The molecule has 0 heterocycles. The van der Waals surface area contributed by atoms with Crippen molar-refractivity contribution >= 4 is 5.97 Å². The average molecular weight is 266 g/mol. The van der Waals surface area contributed by atoms with Crippen molar-refractivity contribution in [3.8, 4) is 24.4 Å². The van der Waals surface area contributed by atoms with E-state index in [1.807, 2.05) is 0 Å². The Kier molecular flexibility index (Phi) is 2.37. The van der Waals surface area contributed by atoms with Crippen LogP contribution in [0.3, 0.4) is 0 Å². The zero-order valence-corrected chi connectivity index (χ0v) is 11.6. The predicted octanol–water partition coefficient (Wildman–Crippen LogP) is 2.61. The lowest BCUT2D eigenvalue weighted by molar-refractivity contribution is -0.153. The molecule has 0 aromatic heterocycles. The molecule has 0 radical (unpaired) electrons. The predicted molar refractivity (Wildman–Crippen MR) is 74.7 cm³/mol. The number of esters is 1. The molecule has 3 saturated carbocycles. The molecule has 4 bridgehead atoms. The number of carbonyl (C=O) groups excluding carboxylic acids is 1. The maximum absolute atomic E-state index is 12.4. The van der Waals surface area contributed by atoms with Crippen molar-refractivity contribution in [2.24, 2.45) is 40.9 Å². The van der Waals surface area contributed by atoms with Gasteiger partial charge in [-0.25, -0.2) is 0 Å². The number of rotatable bonds is 1. The standard InChI is InChI=1S/C18H18O2/c1-3-4-7-20-17(19)18(2)10-13-9-14(18)16-12-6-5-11(8-12)15(13)16/h1,5-6,11-16H,8-10H2,2H3. The van der Waals surface area contributed by atoms with E-state index in [4.69, 9.17) is 11.2 Å². The lowest BCUT2D eigenvalue weighted by Gasteiger charge is -2.41. The third kappa shape index (κ3) is 1.35. The maximum Gasteiger partial charge on any atom is 0.326 e. The van der Waals surface area contributed by atoms with Crippen LogP contribution in [0.5, 0.6) is 0 Å². The SMILES string of the molecule is C#CC#COC(=O)C1(C)CC2CC1C1C3C=CC(C3)C21. The summed E-state index contributed by atoms with van der Waals surface area (Å²) in [5.74, 6) is 8.53. The van der Waals surface area contributed by atoms with Gasteiger partial charge in [0, 0.05) is 5.92 Å². The van der Waals surface area contributed by atoms with Crippen LogP contribution in [0.1, 0.15) is 26.2 Å². The molecule has 4 rings (SSSR count). The van der Waals surface area contributed by atoms with Crippen LogP contribution in [0.25, 0.3) is 0 Å². The molecule has 0 aromatic carbocycles. The van der Waals surface area contributed by atoms with Gasteiger partial charge >= 0.3 is 5.97 Å². The minimum atomic E-state index is -0.354. The van der Waals surface area contributed by atoms with Crippen LogP contribution in [-0.2, 0) is 9.53 Å². The third-order valence-electron chi connectivity index (χ3n) is 6.39. The molecular formula is C18H18O2. The van der Waals surface area contributed by atoms with Crippen LogP contribution in [0.2, 0.25) is 0 Å². The number of hydrogen-bond donors (Lipinski definition) is 0. The topological polar surface area (TPSA) is 26.3 Å². The first-order chi connectivity index (χ1) is 9.65. The Bertz CT molecular complexity index is 599. The fourth-order valence-electron chi connectivity index (χ4n) is 5.82. The largest absolute Gasteiger partial charge is 0.371 e. The summed E-state index contributed by atoms with van der Waals surface area (Å²) in [5.41, 5.74) is -0.354. The van der Waals surface area contributed by atoms with Crippen LogP contribution >= 0.6 is 0 Å². The summed E-state index contributed by atoms with van der Waals surface area (Å²) in [6, 6.07) is 0. The van der Waals surface area contributed by atoms with E-state index in [1.54, 1.807) is 0 Å². The molecule has 3 fully saturated rings.